The van der Waals surface area contributed by atoms with Gasteiger partial charge in [0.2, 0.25) is 0 Å². The van der Waals surface area contributed by atoms with Gasteiger partial charge >= 0.3 is 0 Å². The minimum atomic E-state index is 0.771. The smallest absolute Gasteiger partial charge is 0.193 e. The van der Waals surface area contributed by atoms with Gasteiger partial charge in [0.1, 0.15) is 0 Å². The van der Waals surface area contributed by atoms with Gasteiger partial charge in [0.15, 0.2) is 4.96 Å². The molecule has 18 heavy (non-hydrogen) atoms. The molecule has 2 aromatic heterocycles. The standard InChI is InChI=1S/C13H12ClN3S/c14-11-3-1-10(2-4-11)7-15-8-12-9-17-5-6-18-13(17)16-12/h1-6,9,15H,7-8H2. The summed E-state index contributed by atoms with van der Waals surface area (Å²) in [4.78, 5) is 5.56. The molecule has 5 heteroatoms. The first-order valence-corrected chi connectivity index (χ1v) is 6.93. The maximum absolute atomic E-state index is 5.84. The highest BCUT2D eigenvalue weighted by atomic mass is 35.5. The molecule has 3 nitrogen and oxygen atoms in total. The zero-order valence-corrected chi connectivity index (χ0v) is 11.2. The third-order valence-electron chi connectivity index (χ3n) is 2.69. The summed E-state index contributed by atoms with van der Waals surface area (Å²) in [7, 11) is 0. The molecule has 92 valence electrons. The van der Waals surface area contributed by atoms with Gasteiger partial charge in [-0.25, -0.2) is 4.98 Å². The van der Waals surface area contributed by atoms with Crippen LogP contribution in [-0.2, 0) is 13.1 Å². The number of aromatic nitrogens is 2. The lowest BCUT2D eigenvalue weighted by molar-refractivity contribution is 0.683. The molecular formula is C13H12ClN3S. The predicted molar refractivity (Wildman–Crippen MR) is 75.1 cm³/mol. The minimum absolute atomic E-state index is 0.771. The maximum Gasteiger partial charge on any atom is 0.193 e. The van der Waals surface area contributed by atoms with Crippen molar-refractivity contribution in [3.8, 4) is 0 Å². The van der Waals surface area contributed by atoms with E-state index in [0.717, 1.165) is 28.8 Å². The van der Waals surface area contributed by atoms with Crippen molar-refractivity contribution in [1.29, 1.82) is 0 Å². The Morgan fingerprint density at radius 2 is 2.06 bits per heavy atom. The van der Waals surface area contributed by atoms with Crippen molar-refractivity contribution in [3.05, 3.63) is 58.3 Å². The van der Waals surface area contributed by atoms with Crippen LogP contribution in [0.4, 0.5) is 0 Å². The summed E-state index contributed by atoms with van der Waals surface area (Å²) in [6.45, 7) is 1.60. The van der Waals surface area contributed by atoms with Crippen LogP contribution in [0.5, 0.6) is 0 Å². The third kappa shape index (κ3) is 2.56. The molecule has 0 saturated heterocycles. The fraction of sp³-hybridized carbons (Fsp3) is 0.154. The van der Waals surface area contributed by atoms with Gasteiger partial charge in [-0.15, -0.1) is 11.3 Å². The normalized spacial score (nSPS) is 11.2. The second kappa shape index (κ2) is 5.10. The number of fused-ring (bicyclic) bond motifs is 1. The van der Waals surface area contributed by atoms with Crippen LogP contribution in [0, 0.1) is 0 Å². The number of nitrogens with zero attached hydrogens (tertiary/aromatic N) is 2. The average Bonchev–Trinajstić information content (AvgIpc) is 2.92. The van der Waals surface area contributed by atoms with Gasteiger partial charge in [0, 0.05) is 35.9 Å². The molecule has 0 saturated carbocycles. The second-order valence-corrected chi connectivity index (χ2v) is 5.36. The van der Waals surface area contributed by atoms with E-state index in [0.29, 0.717) is 0 Å². The number of nitrogens with one attached hydrogen (secondary N) is 1. The van der Waals surface area contributed by atoms with E-state index in [1.54, 1.807) is 11.3 Å². The summed E-state index contributed by atoms with van der Waals surface area (Å²) in [6, 6.07) is 7.87. The van der Waals surface area contributed by atoms with Crippen LogP contribution in [0.15, 0.2) is 42.0 Å². The van der Waals surface area contributed by atoms with Crippen LogP contribution in [0.25, 0.3) is 4.96 Å². The van der Waals surface area contributed by atoms with Gasteiger partial charge in [-0.2, -0.15) is 0 Å². The van der Waals surface area contributed by atoms with E-state index in [-0.39, 0.29) is 0 Å². The molecule has 0 atom stereocenters. The number of thiazole rings is 1. The molecule has 1 aromatic carbocycles. The van der Waals surface area contributed by atoms with E-state index in [1.807, 2.05) is 40.2 Å². The van der Waals surface area contributed by atoms with Crippen LogP contribution in [0.2, 0.25) is 5.02 Å². The van der Waals surface area contributed by atoms with Gasteiger partial charge in [-0.05, 0) is 17.7 Å². The largest absolute Gasteiger partial charge is 0.307 e. The van der Waals surface area contributed by atoms with Crippen LogP contribution >= 0.6 is 22.9 Å². The van der Waals surface area contributed by atoms with E-state index in [4.69, 9.17) is 11.6 Å². The van der Waals surface area contributed by atoms with Crippen LogP contribution < -0.4 is 5.32 Å². The summed E-state index contributed by atoms with van der Waals surface area (Å²) < 4.78 is 2.05. The zero-order chi connectivity index (χ0) is 12.4. The summed E-state index contributed by atoms with van der Waals surface area (Å²) in [5, 5.41) is 6.18. The fourth-order valence-electron chi connectivity index (χ4n) is 1.80. The highest BCUT2D eigenvalue weighted by Gasteiger charge is 2.01. The van der Waals surface area contributed by atoms with E-state index in [9.17, 15) is 0 Å². The molecule has 0 aliphatic carbocycles. The summed E-state index contributed by atoms with van der Waals surface area (Å²) >= 11 is 7.49. The molecular weight excluding hydrogens is 266 g/mol. The van der Waals surface area contributed by atoms with Crippen molar-refractivity contribution in [3.63, 3.8) is 0 Å². The molecule has 0 radical (unpaired) electrons. The Kier molecular flexibility index (Phi) is 3.32. The predicted octanol–water partition coefficient (Wildman–Crippen LogP) is 3.34. The Morgan fingerprint density at radius 1 is 1.22 bits per heavy atom. The molecule has 0 unspecified atom stereocenters. The lowest BCUT2D eigenvalue weighted by atomic mass is 10.2. The number of hydrogen-bond acceptors (Lipinski definition) is 3. The van der Waals surface area contributed by atoms with Gasteiger partial charge in [-0.3, -0.25) is 4.40 Å². The summed E-state index contributed by atoms with van der Waals surface area (Å²) in [6.07, 6.45) is 4.08. The topological polar surface area (TPSA) is 29.3 Å². The molecule has 0 amide bonds. The summed E-state index contributed by atoms with van der Waals surface area (Å²) in [5.74, 6) is 0. The van der Waals surface area contributed by atoms with Crippen molar-refractivity contribution in [2.24, 2.45) is 0 Å². The Bertz CT molecular complexity index is 613. The van der Waals surface area contributed by atoms with E-state index in [2.05, 4.69) is 16.5 Å². The average molecular weight is 278 g/mol. The highest BCUT2D eigenvalue weighted by Crippen LogP contribution is 2.12. The van der Waals surface area contributed by atoms with E-state index in [1.165, 1.54) is 5.56 Å². The van der Waals surface area contributed by atoms with Gasteiger partial charge in [0.05, 0.1) is 5.69 Å². The molecule has 0 aliphatic heterocycles. The Balaban J connectivity index is 1.58. The Hall–Kier alpha value is -1.36. The van der Waals surface area contributed by atoms with Crippen molar-refractivity contribution in [1.82, 2.24) is 14.7 Å². The Labute approximate surface area is 114 Å². The number of rotatable bonds is 4. The lowest BCUT2D eigenvalue weighted by Crippen LogP contribution is -2.12. The molecule has 2 heterocycles. The highest BCUT2D eigenvalue weighted by molar-refractivity contribution is 7.15. The fourth-order valence-corrected chi connectivity index (χ4v) is 2.64. The number of benzene rings is 1. The molecule has 3 aromatic rings. The van der Waals surface area contributed by atoms with Crippen molar-refractivity contribution in [2.45, 2.75) is 13.1 Å². The molecule has 0 spiro atoms. The van der Waals surface area contributed by atoms with Crippen molar-refractivity contribution >= 4 is 27.9 Å². The van der Waals surface area contributed by atoms with Crippen LogP contribution in [0.3, 0.4) is 0 Å². The van der Waals surface area contributed by atoms with E-state index >= 15 is 0 Å². The SMILES string of the molecule is Clc1ccc(CNCc2cn3ccsc3n2)cc1. The van der Waals surface area contributed by atoms with Crippen LogP contribution in [0.1, 0.15) is 11.3 Å². The quantitative estimate of drug-likeness (QED) is 0.792. The first-order chi connectivity index (χ1) is 8.81. The van der Waals surface area contributed by atoms with Gasteiger partial charge in [0.25, 0.3) is 0 Å². The molecule has 0 bridgehead atoms. The van der Waals surface area contributed by atoms with Gasteiger partial charge < -0.3 is 5.32 Å². The molecule has 1 N–H and O–H groups in total. The second-order valence-electron chi connectivity index (χ2n) is 4.06. The third-order valence-corrected chi connectivity index (χ3v) is 3.71. The Morgan fingerprint density at radius 3 is 2.83 bits per heavy atom. The van der Waals surface area contributed by atoms with Crippen LogP contribution in [-0.4, -0.2) is 9.38 Å². The van der Waals surface area contributed by atoms with Crippen molar-refractivity contribution < 1.29 is 0 Å². The number of hydrogen-bond donors (Lipinski definition) is 1. The number of halogens is 1. The van der Waals surface area contributed by atoms with E-state index < -0.39 is 0 Å². The minimum Gasteiger partial charge on any atom is -0.307 e. The molecule has 0 aliphatic rings. The number of imidazole rings is 1. The zero-order valence-electron chi connectivity index (χ0n) is 9.64. The van der Waals surface area contributed by atoms with Crippen molar-refractivity contribution in [2.75, 3.05) is 0 Å². The first kappa shape index (κ1) is 11.7. The summed E-state index contributed by atoms with van der Waals surface area (Å²) in [5.41, 5.74) is 2.29. The first-order valence-electron chi connectivity index (χ1n) is 5.67. The molecule has 0 fully saturated rings. The monoisotopic (exact) mass is 277 g/mol. The van der Waals surface area contributed by atoms with Gasteiger partial charge in [-0.1, -0.05) is 23.7 Å². The maximum atomic E-state index is 5.84. The lowest BCUT2D eigenvalue weighted by Gasteiger charge is -2.02. The molecule has 3 rings (SSSR count).